The normalized spacial score (nSPS) is 11.1. The van der Waals surface area contributed by atoms with Gasteiger partial charge in [-0.25, -0.2) is 4.79 Å². The Morgan fingerprint density at radius 2 is 1.59 bits per heavy atom. The first kappa shape index (κ1) is 15.7. The number of carboxylic acids is 1. The lowest BCUT2D eigenvalue weighted by Gasteiger charge is -2.32. The molecule has 2 N–H and O–H groups in total. The smallest absolute Gasteiger partial charge is 0.323 e. The molecule has 0 heterocycles. The summed E-state index contributed by atoms with van der Waals surface area (Å²) in [6.45, 7) is 7.34. The highest BCUT2D eigenvalue weighted by atomic mass is 16.4. The van der Waals surface area contributed by atoms with Gasteiger partial charge in [0.15, 0.2) is 0 Å². The van der Waals surface area contributed by atoms with E-state index in [0.717, 1.165) is 0 Å². The van der Waals surface area contributed by atoms with Crippen LogP contribution in [0.4, 0.5) is 4.79 Å². The zero-order valence-electron chi connectivity index (χ0n) is 10.9. The first-order chi connectivity index (χ1) is 7.71. The third kappa shape index (κ3) is 6.11. The summed E-state index contributed by atoms with van der Waals surface area (Å²) in [4.78, 5) is 25.3. The van der Waals surface area contributed by atoms with Crippen LogP contribution < -0.4 is 0 Å². The quantitative estimate of drug-likeness (QED) is 0.719. The summed E-state index contributed by atoms with van der Waals surface area (Å²) in [5.74, 6) is -1.04. The Morgan fingerprint density at radius 1 is 1.12 bits per heavy atom. The highest BCUT2D eigenvalue weighted by Crippen LogP contribution is 2.07. The van der Waals surface area contributed by atoms with E-state index in [1.807, 2.05) is 0 Å². The van der Waals surface area contributed by atoms with Gasteiger partial charge in [-0.1, -0.05) is 0 Å². The molecule has 6 nitrogen and oxygen atoms in total. The topological polar surface area (TPSA) is 81.1 Å². The van der Waals surface area contributed by atoms with Crippen LogP contribution in [0.25, 0.3) is 0 Å². The molecule has 0 atom stereocenters. The van der Waals surface area contributed by atoms with Crippen molar-refractivity contribution >= 4 is 12.0 Å². The molecular weight excluding hydrogens is 224 g/mol. The van der Waals surface area contributed by atoms with E-state index in [0.29, 0.717) is 13.1 Å². The summed E-state index contributed by atoms with van der Waals surface area (Å²) < 4.78 is 0. The van der Waals surface area contributed by atoms with Crippen molar-refractivity contribution in [2.45, 2.75) is 33.3 Å². The molecular formula is C11H22N2O4. The van der Waals surface area contributed by atoms with Crippen molar-refractivity contribution in [2.75, 3.05) is 26.2 Å². The standard InChI is InChI=1S/C11H22N2O4/c1-5-12(7-9(14)15)10(16)13(6-2)8-11(3,4)17/h17H,5-8H2,1-4H3,(H,14,15). The predicted molar refractivity (Wildman–Crippen MR) is 63.8 cm³/mol. The third-order valence-corrected chi connectivity index (χ3v) is 2.21. The largest absolute Gasteiger partial charge is 0.480 e. The van der Waals surface area contributed by atoms with E-state index in [2.05, 4.69) is 0 Å². The monoisotopic (exact) mass is 246 g/mol. The van der Waals surface area contributed by atoms with E-state index >= 15 is 0 Å². The Labute approximate surface area is 102 Å². The number of likely N-dealkylation sites (N-methyl/N-ethyl adjacent to an activating group) is 2. The van der Waals surface area contributed by atoms with Gasteiger partial charge in [-0.2, -0.15) is 0 Å². The third-order valence-electron chi connectivity index (χ3n) is 2.21. The van der Waals surface area contributed by atoms with Crippen LogP contribution >= 0.6 is 0 Å². The van der Waals surface area contributed by atoms with Crippen LogP contribution in [-0.2, 0) is 4.79 Å². The van der Waals surface area contributed by atoms with Gasteiger partial charge in [0.1, 0.15) is 6.54 Å². The van der Waals surface area contributed by atoms with Crippen LogP contribution in [-0.4, -0.2) is 63.8 Å². The van der Waals surface area contributed by atoms with Gasteiger partial charge in [0.25, 0.3) is 0 Å². The minimum absolute atomic E-state index is 0.179. The van der Waals surface area contributed by atoms with Crippen molar-refractivity contribution in [3.05, 3.63) is 0 Å². The fourth-order valence-corrected chi connectivity index (χ4v) is 1.46. The number of aliphatic carboxylic acids is 1. The minimum atomic E-state index is -1.04. The number of carbonyl (C=O) groups is 2. The summed E-state index contributed by atoms with van der Waals surface area (Å²) >= 11 is 0. The Kier molecular flexibility index (Phi) is 5.95. The molecule has 0 aliphatic rings. The molecule has 0 radical (unpaired) electrons. The average molecular weight is 246 g/mol. The second-order valence-corrected chi connectivity index (χ2v) is 4.52. The predicted octanol–water partition coefficient (Wildman–Crippen LogP) is 0.606. The second-order valence-electron chi connectivity index (χ2n) is 4.52. The maximum atomic E-state index is 12.0. The van der Waals surface area contributed by atoms with Crippen LogP contribution in [0.5, 0.6) is 0 Å². The number of nitrogens with zero attached hydrogens (tertiary/aromatic N) is 2. The molecule has 6 heteroatoms. The van der Waals surface area contributed by atoms with Gasteiger partial charge in [-0.3, -0.25) is 4.79 Å². The van der Waals surface area contributed by atoms with Gasteiger partial charge in [0, 0.05) is 13.1 Å². The molecule has 0 aromatic carbocycles. The van der Waals surface area contributed by atoms with Gasteiger partial charge in [-0.05, 0) is 27.7 Å². The number of urea groups is 1. The summed E-state index contributed by atoms with van der Waals surface area (Å²) in [5, 5.41) is 18.4. The first-order valence-corrected chi connectivity index (χ1v) is 5.69. The average Bonchev–Trinajstić information content (AvgIpc) is 2.20. The lowest BCUT2D eigenvalue weighted by Crippen LogP contribution is -2.49. The van der Waals surface area contributed by atoms with Crippen molar-refractivity contribution in [2.24, 2.45) is 0 Å². The molecule has 0 spiro atoms. The Bertz CT molecular complexity index is 273. The molecule has 0 rings (SSSR count). The van der Waals surface area contributed by atoms with Crippen molar-refractivity contribution in [1.82, 2.24) is 9.80 Å². The number of carboxylic acid groups (broad SMARTS) is 1. The minimum Gasteiger partial charge on any atom is -0.480 e. The number of amides is 2. The lowest BCUT2D eigenvalue weighted by molar-refractivity contribution is -0.137. The molecule has 100 valence electrons. The van der Waals surface area contributed by atoms with Gasteiger partial charge in [0.2, 0.25) is 0 Å². The molecule has 0 aromatic rings. The molecule has 0 aromatic heterocycles. The van der Waals surface area contributed by atoms with Crippen molar-refractivity contribution < 1.29 is 19.8 Å². The zero-order chi connectivity index (χ0) is 13.6. The van der Waals surface area contributed by atoms with Crippen LogP contribution in [0.1, 0.15) is 27.7 Å². The zero-order valence-corrected chi connectivity index (χ0v) is 10.9. The van der Waals surface area contributed by atoms with Crippen molar-refractivity contribution in [3.63, 3.8) is 0 Å². The SMILES string of the molecule is CCN(CC(=O)O)C(=O)N(CC)CC(C)(C)O. The number of rotatable bonds is 6. The summed E-state index contributed by atoms with van der Waals surface area (Å²) in [7, 11) is 0. The van der Waals surface area contributed by atoms with E-state index < -0.39 is 11.6 Å². The van der Waals surface area contributed by atoms with Crippen LogP contribution in [0.3, 0.4) is 0 Å². The van der Waals surface area contributed by atoms with E-state index in [9.17, 15) is 14.7 Å². The van der Waals surface area contributed by atoms with Gasteiger partial charge in [-0.15, -0.1) is 0 Å². The van der Waals surface area contributed by atoms with Crippen LogP contribution in [0.2, 0.25) is 0 Å². The molecule has 0 aliphatic heterocycles. The van der Waals surface area contributed by atoms with Gasteiger partial charge < -0.3 is 20.0 Å². The summed E-state index contributed by atoms with van der Waals surface area (Å²) in [6.07, 6.45) is 0. The van der Waals surface area contributed by atoms with Gasteiger partial charge >= 0.3 is 12.0 Å². The number of aliphatic hydroxyl groups is 1. The Morgan fingerprint density at radius 3 is 1.88 bits per heavy atom. The molecule has 0 saturated heterocycles. The molecule has 17 heavy (non-hydrogen) atoms. The van der Waals surface area contributed by atoms with Crippen molar-refractivity contribution in [1.29, 1.82) is 0 Å². The molecule has 0 fully saturated rings. The second kappa shape index (κ2) is 6.44. The van der Waals surface area contributed by atoms with Crippen molar-refractivity contribution in [3.8, 4) is 0 Å². The Balaban J connectivity index is 4.65. The van der Waals surface area contributed by atoms with E-state index in [-0.39, 0.29) is 19.1 Å². The van der Waals surface area contributed by atoms with E-state index in [1.165, 1.54) is 9.80 Å². The maximum absolute atomic E-state index is 12.0. The van der Waals surface area contributed by atoms with E-state index in [1.54, 1.807) is 27.7 Å². The fourth-order valence-electron chi connectivity index (χ4n) is 1.46. The molecule has 0 aliphatic carbocycles. The number of hydrogen-bond acceptors (Lipinski definition) is 3. The van der Waals surface area contributed by atoms with Gasteiger partial charge in [0.05, 0.1) is 12.1 Å². The Hall–Kier alpha value is -1.30. The molecule has 2 amide bonds. The lowest BCUT2D eigenvalue weighted by atomic mass is 10.1. The van der Waals surface area contributed by atoms with Crippen LogP contribution in [0.15, 0.2) is 0 Å². The van der Waals surface area contributed by atoms with Crippen LogP contribution in [0, 0.1) is 0 Å². The first-order valence-electron chi connectivity index (χ1n) is 5.69. The molecule has 0 bridgehead atoms. The molecule has 0 unspecified atom stereocenters. The highest BCUT2D eigenvalue weighted by molar-refractivity contribution is 5.80. The maximum Gasteiger partial charge on any atom is 0.323 e. The summed E-state index contributed by atoms with van der Waals surface area (Å²) in [6, 6.07) is -0.362. The molecule has 0 saturated carbocycles. The number of carbonyl (C=O) groups excluding carboxylic acids is 1. The van der Waals surface area contributed by atoms with E-state index in [4.69, 9.17) is 5.11 Å². The number of hydrogen-bond donors (Lipinski definition) is 2. The fraction of sp³-hybridized carbons (Fsp3) is 0.818. The highest BCUT2D eigenvalue weighted by Gasteiger charge is 2.25. The summed E-state index contributed by atoms with van der Waals surface area (Å²) in [5.41, 5.74) is -0.992.